The number of aliphatic hydroxyl groups is 1. The predicted octanol–water partition coefficient (Wildman–Crippen LogP) is 2.08. The highest BCUT2D eigenvalue weighted by Crippen LogP contribution is 2.21. The van der Waals surface area contributed by atoms with Gasteiger partial charge in [0.2, 0.25) is 0 Å². The van der Waals surface area contributed by atoms with Gasteiger partial charge in [0.15, 0.2) is 0 Å². The molecule has 1 heterocycles. The Bertz CT molecular complexity index is 456. The molecule has 0 aliphatic carbocycles. The number of benzene rings is 1. The first-order valence-electron chi connectivity index (χ1n) is 7.39. The summed E-state index contributed by atoms with van der Waals surface area (Å²) in [7, 11) is 1.85. The molecule has 0 aromatic heterocycles. The minimum atomic E-state index is -0.160. The van der Waals surface area contributed by atoms with Crippen LogP contribution >= 0.6 is 11.8 Å². The van der Waals surface area contributed by atoms with Gasteiger partial charge in [-0.15, -0.1) is 0 Å². The van der Waals surface area contributed by atoms with E-state index in [1.54, 1.807) is 16.7 Å². The Morgan fingerprint density at radius 2 is 1.95 bits per heavy atom. The fourth-order valence-corrected chi connectivity index (χ4v) is 2.95. The minimum absolute atomic E-state index is 0.0738. The summed E-state index contributed by atoms with van der Waals surface area (Å²) in [5, 5.41) is 9.54. The monoisotopic (exact) mass is 308 g/mol. The molecular weight excluding hydrogens is 284 g/mol. The molecule has 1 amide bonds. The van der Waals surface area contributed by atoms with Gasteiger partial charge < -0.3 is 14.9 Å². The maximum Gasteiger partial charge on any atom is 0.253 e. The van der Waals surface area contributed by atoms with Gasteiger partial charge in [0.05, 0.1) is 6.10 Å². The molecule has 0 bridgehead atoms. The largest absolute Gasteiger partial charge is 0.393 e. The van der Waals surface area contributed by atoms with Gasteiger partial charge in [-0.05, 0) is 43.4 Å². The van der Waals surface area contributed by atoms with Crippen molar-refractivity contribution in [2.45, 2.75) is 18.9 Å². The summed E-state index contributed by atoms with van der Waals surface area (Å²) in [5.41, 5.74) is 1.87. The second-order valence-electron chi connectivity index (χ2n) is 5.48. The molecule has 0 saturated carbocycles. The number of hydrogen-bond donors (Lipinski definition) is 1. The molecule has 116 valence electrons. The molecule has 5 heteroatoms. The average Bonchev–Trinajstić information content (AvgIpc) is 2.53. The van der Waals surface area contributed by atoms with Crippen LogP contribution in [-0.4, -0.2) is 60.7 Å². The quantitative estimate of drug-likeness (QED) is 0.904. The maximum atomic E-state index is 12.3. The van der Waals surface area contributed by atoms with Gasteiger partial charge in [0.25, 0.3) is 5.91 Å². The predicted molar refractivity (Wildman–Crippen MR) is 89.2 cm³/mol. The topological polar surface area (TPSA) is 43.8 Å². The van der Waals surface area contributed by atoms with Gasteiger partial charge in [-0.2, -0.15) is 11.8 Å². The van der Waals surface area contributed by atoms with Crippen molar-refractivity contribution in [1.82, 2.24) is 4.90 Å². The Morgan fingerprint density at radius 1 is 1.33 bits per heavy atom. The molecule has 1 aromatic rings. The van der Waals surface area contributed by atoms with Crippen molar-refractivity contribution in [1.29, 1.82) is 0 Å². The highest BCUT2D eigenvalue weighted by Gasteiger charge is 2.18. The first kappa shape index (κ1) is 16.2. The first-order chi connectivity index (χ1) is 10.1. The lowest BCUT2D eigenvalue weighted by Crippen LogP contribution is -2.35. The van der Waals surface area contributed by atoms with Crippen LogP contribution < -0.4 is 4.90 Å². The van der Waals surface area contributed by atoms with Crippen LogP contribution in [0.4, 0.5) is 5.69 Å². The fourth-order valence-electron chi connectivity index (χ4n) is 2.49. The van der Waals surface area contributed by atoms with Crippen LogP contribution in [0.15, 0.2) is 24.3 Å². The van der Waals surface area contributed by atoms with Gasteiger partial charge >= 0.3 is 0 Å². The summed E-state index contributed by atoms with van der Waals surface area (Å²) in [6.07, 6.45) is 3.52. The highest BCUT2D eigenvalue weighted by atomic mass is 32.2. The van der Waals surface area contributed by atoms with Crippen molar-refractivity contribution in [3.63, 3.8) is 0 Å². The van der Waals surface area contributed by atoms with Crippen molar-refractivity contribution >= 4 is 23.4 Å². The molecule has 2 rings (SSSR count). The van der Waals surface area contributed by atoms with E-state index in [2.05, 4.69) is 4.90 Å². The molecule has 1 aromatic carbocycles. The maximum absolute atomic E-state index is 12.3. The third-order valence-corrected chi connectivity index (χ3v) is 4.51. The number of carbonyl (C=O) groups is 1. The van der Waals surface area contributed by atoms with E-state index in [4.69, 9.17) is 0 Å². The molecular formula is C16H24N2O2S. The van der Waals surface area contributed by atoms with Gasteiger partial charge in [0, 0.05) is 43.7 Å². The normalized spacial score (nSPS) is 16.0. The standard InChI is InChI=1S/C16H24N2O2S/c1-17(11-12-21-2)16(20)13-3-5-14(6-4-13)18-9-7-15(19)8-10-18/h3-6,15,19H,7-12H2,1-2H3. The Labute approximate surface area is 131 Å². The summed E-state index contributed by atoms with van der Waals surface area (Å²) >= 11 is 1.74. The van der Waals surface area contributed by atoms with Crippen molar-refractivity contribution in [2.75, 3.05) is 43.6 Å². The first-order valence-corrected chi connectivity index (χ1v) is 8.78. The van der Waals surface area contributed by atoms with E-state index in [9.17, 15) is 9.90 Å². The van der Waals surface area contributed by atoms with Gasteiger partial charge in [0.1, 0.15) is 0 Å². The number of aliphatic hydroxyl groups excluding tert-OH is 1. The Balaban J connectivity index is 1.96. The summed E-state index contributed by atoms with van der Waals surface area (Å²) in [6.45, 7) is 2.52. The van der Waals surface area contributed by atoms with E-state index in [1.807, 2.05) is 37.6 Å². The number of rotatable bonds is 5. The molecule has 1 aliphatic heterocycles. The number of thioether (sulfide) groups is 1. The van der Waals surface area contributed by atoms with E-state index in [0.29, 0.717) is 0 Å². The zero-order valence-corrected chi connectivity index (χ0v) is 13.6. The lowest BCUT2D eigenvalue weighted by molar-refractivity contribution is 0.0804. The van der Waals surface area contributed by atoms with Crippen molar-refractivity contribution in [3.05, 3.63) is 29.8 Å². The Kier molecular flexibility index (Phi) is 5.94. The van der Waals surface area contributed by atoms with Crippen LogP contribution in [0, 0.1) is 0 Å². The molecule has 0 spiro atoms. The Hall–Kier alpha value is -1.20. The summed E-state index contributed by atoms with van der Waals surface area (Å²) in [5.74, 6) is 1.03. The van der Waals surface area contributed by atoms with Crippen LogP contribution in [0.3, 0.4) is 0 Å². The molecule has 4 nitrogen and oxygen atoms in total. The molecule has 1 aliphatic rings. The number of hydrogen-bond acceptors (Lipinski definition) is 4. The van der Waals surface area contributed by atoms with E-state index in [0.717, 1.165) is 49.5 Å². The Morgan fingerprint density at radius 3 is 2.52 bits per heavy atom. The van der Waals surface area contributed by atoms with E-state index in [1.165, 1.54) is 0 Å². The van der Waals surface area contributed by atoms with Crippen LogP contribution in [0.5, 0.6) is 0 Å². The molecule has 1 N–H and O–H groups in total. The number of nitrogens with zero attached hydrogens (tertiary/aromatic N) is 2. The van der Waals surface area contributed by atoms with Crippen LogP contribution in [0.1, 0.15) is 23.2 Å². The molecule has 0 atom stereocenters. The summed E-state index contributed by atoms with van der Waals surface area (Å²) in [4.78, 5) is 16.3. The van der Waals surface area contributed by atoms with Crippen LogP contribution in [-0.2, 0) is 0 Å². The highest BCUT2D eigenvalue weighted by molar-refractivity contribution is 7.98. The van der Waals surface area contributed by atoms with Crippen LogP contribution in [0.25, 0.3) is 0 Å². The zero-order valence-electron chi connectivity index (χ0n) is 12.8. The van der Waals surface area contributed by atoms with Crippen LogP contribution in [0.2, 0.25) is 0 Å². The zero-order chi connectivity index (χ0) is 15.2. The van der Waals surface area contributed by atoms with Crippen molar-refractivity contribution in [2.24, 2.45) is 0 Å². The second kappa shape index (κ2) is 7.71. The van der Waals surface area contributed by atoms with Crippen molar-refractivity contribution < 1.29 is 9.90 Å². The average molecular weight is 308 g/mol. The molecule has 1 saturated heterocycles. The molecule has 0 radical (unpaired) electrons. The van der Waals surface area contributed by atoms with Gasteiger partial charge in [-0.1, -0.05) is 0 Å². The lowest BCUT2D eigenvalue weighted by Gasteiger charge is -2.31. The third-order valence-electron chi connectivity index (χ3n) is 3.92. The minimum Gasteiger partial charge on any atom is -0.393 e. The van der Waals surface area contributed by atoms with Gasteiger partial charge in [-0.3, -0.25) is 4.79 Å². The number of amides is 1. The smallest absolute Gasteiger partial charge is 0.253 e. The van der Waals surface area contributed by atoms with E-state index < -0.39 is 0 Å². The van der Waals surface area contributed by atoms with Crippen molar-refractivity contribution in [3.8, 4) is 0 Å². The number of carbonyl (C=O) groups excluding carboxylic acids is 1. The second-order valence-corrected chi connectivity index (χ2v) is 6.47. The SMILES string of the molecule is CSCCN(C)C(=O)c1ccc(N2CCC(O)CC2)cc1. The molecule has 1 fully saturated rings. The van der Waals surface area contributed by atoms with Gasteiger partial charge in [-0.25, -0.2) is 0 Å². The molecule has 0 unspecified atom stereocenters. The number of piperidine rings is 1. The summed E-state index contributed by atoms with van der Waals surface area (Å²) < 4.78 is 0. The van der Waals surface area contributed by atoms with E-state index in [-0.39, 0.29) is 12.0 Å². The third kappa shape index (κ3) is 4.38. The summed E-state index contributed by atoms with van der Waals surface area (Å²) in [6, 6.07) is 7.82. The fraction of sp³-hybridized carbons (Fsp3) is 0.562. The molecule has 21 heavy (non-hydrogen) atoms. The number of anilines is 1. The van der Waals surface area contributed by atoms with E-state index >= 15 is 0 Å². The lowest BCUT2D eigenvalue weighted by atomic mass is 10.1.